The molecule has 0 bridgehead atoms. The van der Waals surface area contributed by atoms with Gasteiger partial charge < -0.3 is 10.1 Å². The van der Waals surface area contributed by atoms with Crippen LogP contribution in [0.1, 0.15) is 42.4 Å². The Balaban J connectivity index is 1.54. The number of nitrogens with one attached hydrogen (secondary N) is 2. The summed E-state index contributed by atoms with van der Waals surface area (Å²) in [5.41, 5.74) is 0.950. The molecule has 0 saturated carbocycles. The summed E-state index contributed by atoms with van der Waals surface area (Å²) in [6, 6.07) is 7.60. The van der Waals surface area contributed by atoms with E-state index < -0.39 is 29.7 Å². The third-order valence-corrected chi connectivity index (χ3v) is 5.62. The van der Waals surface area contributed by atoms with Crippen LogP contribution in [0.15, 0.2) is 42.7 Å². The lowest BCUT2D eigenvalue weighted by atomic mass is 9.92. The average Bonchev–Trinajstić information content (AvgIpc) is 3.46. The highest BCUT2D eigenvalue weighted by Gasteiger charge is 2.32. The van der Waals surface area contributed by atoms with Crippen LogP contribution in [0.2, 0.25) is 0 Å². The lowest BCUT2D eigenvalue weighted by Crippen LogP contribution is -2.18. The van der Waals surface area contributed by atoms with Gasteiger partial charge in [-0.05, 0) is 55.7 Å². The molecule has 2 heterocycles. The predicted octanol–water partition coefficient (Wildman–Crippen LogP) is 6.16. The SMILES string of the molecule is Cc1ncn(-c2ccc(Nc3n[nH]c(C(CCCCCl)c4ccc(OC(F)(F)F)c(F)c4)n3)cc2F)n1. The lowest BCUT2D eigenvalue weighted by Gasteiger charge is -2.16. The summed E-state index contributed by atoms with van der Waals surface area (Å²) in [5, 5.41) is 13.8. The molecule has 0 aliphatic rings. The molecule has 0 spiro atoms. The van der Waals surface area contributed by atoms with E-state index >= 15 is 0 Å². The van der Waals surface area contributed by atoms with Gasteiger partial charge in [0.25, 0.3) is 0 Å². The molecule has 0 aliphatic carbocycles. The predicted molar refractivity (Wildman–Crippen MR) is 125 cm³/mol. The Morgan fingerprint density at radius 1 is 1.11 bits per heavy atom. The number of hydrogen-bond acceptors (Lipinski definition) is 6. The van der Waals surface area contributed by atoms with Crippen LogP contribution in [0.4, 0.5) is 33.6 Å². The summed E-state index contributed by atoms with van der Waals surface area (Å²) in [5.74, 6) is -1.78. The van der Waals surface area contributed by atoms with Crippen LogP contribution in [0.5, 0.6) is 5.75 Å². The topological polar surface area (TPSA) is 93.5 Å². The maximum atomic E-state index is 14.6. The number of unbranched alkanes of at least 4 members (excludes halogenated alkanes) is 1. The lowest BCUT2D eigenvalue weighted by molar-refractivity contribution is -0.275. The fourth-order valence-electron chi connectivity index (χ4n) is 3.69. The first-order valence-electron chi connectivity index (χ1n) is 11.1. The smallest absolute Gasteiger partial charge is 0.403 e. The van der Waals surface area contributed by atoms with E-state index in [4.69, 9.17) is 11.6 Å². The van der Waals surface area contributed by atoms with Gasteiger partial charge in [0, 0.05) is 17.5 Å². The molecule has 14 heteroatoms. The maximum absolute atomic E-state index is 14.6. The van der Waals surface area contributed by atoms with Crippen molar-refractivity contribution in [2.45, 2.75) is 38.5 Å². The Labute approximate surface area is 212 Å². The van der Waals surface area contributed by atoms with E-state index in [1.165, 1.54) is 29.2 Å². The molecule has 4 rings (SSSR count). The van der Waals surface area contributed by atoms with Crippen molar-refractivity contribution in [3.8, 4) is 11.4 Å². The molecule has 37 heavy (non-hydrogen) atoms. The van der Waals surface area contributed by atoms with Gasteiger partial charge in [-0.1, -0.05) is 12.5 Å². The zero-order valence-electron chi connectivity index (χ0n) is 19.4. The second-order valence-electron chi connectivity index (χ2n) is 8.05. The quantitative estimate of drug-likeness (QED) is 0.142. The maximum Gasteiger partial charge on any atom is 0.573 e. The number of nitrogens with zero attached hydrogens (tertiary/aromatic N) is 5. The summed E-state index contributed by atoms with van der Waals surface area (Å²) in [6.07, 6.45) is -1.82. The van der Waals surface area contributed by atoms with Gasteiger partial charge >= 0.3 is 6.36 Å². The standard InChI is InChI=1S/C23H21ClF5N7O/c1-13-30-12-36(35-13)19-7-6-15(11-17(19)25)31-22-32-21(33-34-22)16(4-2-3-9-24)14-5-8-20(18(26)10-14)37-23(27,28)29/h5-8,10-12,16H,2-4,9H2,1H3,(H2,31,32,33,34). The molecule has 1 unspecified atom stereocenters. The third-order valence-electron chi connectivity index (χ3n) is 5.35. The van der Waals surface area contributed by atoms with Crippen LogP contribution in [-0.4, -0.2) is 42.2 Å². The number of aromatic nitrogens is 6. The number of H-pyrrole nitrogens is 1. The molecule has 2 N–H and O–H groups in total. The first kappa shape index (κ1) is 26.3. The number of rotatable bonds is 10. The first-order valence-corrected chi connectivity index (χ1v) is 11.6. The number of aromatic amines is 1. The molecule has 0 amide bonds. The number of anilines is 2. The van der Waals surface area contributed by atoms with Crippen molar-refractivity contribution in [1.29, 1.82) is 0 Å². The summed E-state index contributed by atoms with van der Waals surface area (Å²) >= 11 is 5.77. The van der Waals surface area contributed by atoms with Crippen LogP contribution >= 0.6 is 11.6 Å². The molecule has 0 saturated heterocycles. The first-order chi connectivity index (χ1) is 17.6. The van der Waals surface area contributed by atoms with Gasteiger partial charge in [-0.15, -0.1) is 29.9 Å². The average molecular weight is 542 g/mol. The van der Waals surface area contributed by atoms with Crippen molar-refractivity contribution in [2.75, 3.05) is 11.2 Å². The van der Waals surface area contributed by atoms with E-state index in [0.29, 0.717) is 48.0 Å². The number of halogens is 6. The summed E-state index contributed by atoms with van der Waals surface area (Å²) in [6.45, 7) is 1.69. The minimum atomic E-state index is -5.01. The van der Waals surface area contributed by atoms with Gasteiger partial charge in [0.1, 0.15) is 23.7 Å². The van der Waals surface area contributed by atoms with E-state index in [2.05, 4.69) is 35.3 Å². The fourth-order valence-corrected chi connectivity index (χ4v) is 3.88. The molecular weight excluding hydrogens is 521 g/mol. The van der Waals surface area contributed by atoms with Crippen molar-refractivity contribution >= 4 is 23.2 Å². The minimum absolute atomic E-state index is 0.124. The van der Waals surface area contributed by atoms with E-state index in [9.17, 15) is 22.0 Å². The molecule has 0 fully saturated rings. The monoisotopic (exact) mass is 541 g/mol. The molecule has 0 aliphatic heterocycles. The minimum Gasteiger partial charge on any atom is -0.403 e. The van der Waals surface area contributed by atoms with E-state index in [1.807, 2.05) is 0 Å². The molecule has 1 atom stereocenters. The Bertz CT molecular complexity index is 1360. The summed E-state index contributed by atoms with van der Waals surface area (Å²) in [7, 11) is 0. The Morgan fingerprint density at radius 2 is 1.92 bits per heavy atom. The molecular formula is C23H21ClF5N7O. The second-order valence-corrected chi connectivity index (χ2v) is 8.42. The van der Waals surface area contributed by atoms with Crippen molar-refractivity contribution in [3.63, 3.8) is 0 Å². The number of ether oxygens (including phenoxy) is 1. The van der Waals surface area contributed by atoms with Crippen molar-refractivity contribution in [3.05, 3.63) is 71.6 Å². The van der Waals surface area contributed by atoms with Gasteiger partial charge in [-0.2, -0.15) is 10.1 Å². The van der Waals surface area contributed by atoms with Crippen LogP contribution in [0.3, 0.4) is 0 Å². The van der Waals surface area contributed by atoms with Crippen molar-refractivity contribution in [1.82, 2.24) is 29.9 Å². The number of alkyl halides is 4. The summed E-state index contributed by atoms with van der Waals surface area (Å²) in [4.78, 5) is 8.37. The molecule has 196 valence electrons. The van der Waals surface area contributed by atoms with Gasteiger partial charge in [0.15, 0.2) is 17.4 Å². The van der Waals surface area contributed by atoms with E-state index in [1.54, 1.807) is 13.0 Å². The van der Waals surface area contributed by atoms with E-state index in [-0.39, 0.29) is 11.6 Å². The largest absolute Gasteiger partial charge is 0.573 e. The van der Waals surface area contributed by atoms with Crippen LogP contribution in [0.25, 0.3) is 5.69 Å². The molecule has 2 aromatic heterocycles. The van der Waals surface area contributed by atoms with Gasteiger partial charge in [-0.3, -0.25) is 5.10 Å². The highest BCUT2D eigenvalue weighted by molar-refractivity contribution is 6.17. The fraction of sp³-hybridized carbons (Fsp3) is 0.304. The highest BCUT2D eigenvalue weighted by atomic mass is 35.5. The van der Waals surface area contributed by atoms with Crippen LogP contribution in [-0.2, 0) is 0 Å². The second kappa shape index (κ2) is 11.1. The Morgan fingerprint density at radius 3 is 2.57 bits per heavy atom. The van der Waals surface area contributed by atoms with Gasteiger partial charge in [0.2, 0.25) is 5.95 Å². The molecule has 0 radical (unpaired) electrons. The van der Waals surface area contributed by atoms with Crippen LogP contribution in [0, 0.1) is 18.6 Å². The zero-order chi connectivity index (χ0) is 26.6. The van der Waals surface area contributed by atoms with Crippen molar-refractivity contribution < 1.29 is 26.7 Å². The molecule has 8 nitrogen and oxygen atoms in total. The Hall–Kier alpha value is -3.74. The highest BCUT2D eigenvalue weighted by Crippen LogP contribution is 2.33. The van der Waals surface area contributed by atoms with Crippen LogP contribution < -0.4 is 10.1 Å². The number of aryl methyl sites for hydroxylation is 1. The Kier molecular flexibility index (Phi) is 7.91. The van der Waals surface area contributed by atoms with Gasteiger partial charge in [0.05, 0.1) is 0 Å². The normalized spacial score (nSPS) is 12.5. The number of benzene rings is 2. The van der Waals surface area contributed by atoms with Gasteiger partial charge in [-0.25, -0.2) is 18.4 Å². The molecule has 2 aromatic carbocycles. The molecule has 4 aromatic rings. The number of hydrogen-bond donors (Lipinski definition) is 2. The van der Waals surface area contributed by atoms with Crippen molar-refractivity contribution in [2.24, 2.45) is 0 Å². The van der Waals surface area contributed by atoms with E-state index in [0.717, 1.165) is 12.1 Å². The third kappa shape index (κ3) is 6.73. The zero-order valence-corrected chi connectivity index (χ0v) is 20.1. The summed E-state index contributed by atoms with van der Waals surface area (Å²) < 4.78 is 71.6.